The van der Waals surface area contributed by atoms with Gasteiger partial charge in [0.25, 0.3) is 0 Å². The minimum Gasteiger partial charge on any atom is -0.207 e. The van der Waals surface area contributed by atoms with Gasteiger partial charge in [0.2, 0.25) is 10.0 Å². The van der Waals surface area contributed by atoms with Crippen LogP contribution in [0.3, 0.4) is 0 Å². The zero-order valence-corrected chi connectivity index (χ0v) is 13.2. The Hall–Kier alpha value is -0.650. The molecule has 2 atom stereocenters. The van der Waals surface area contributed by atoms with E-state index in [0.717, 1.165) is 12.8 Å². The molecule has 6 heteroatoms. The van der Waals surface area contributed by atoms with Crippen molar-refractivity contribution >= 4 is 21.6 Å². The van der Waals surface area contributed by atoms with Crippen LogP contribution in [0.4, 0.5) is 4.39 Å². The van der Waals surface area contributed by atoms with Crippen molar-refractivity contribution in [3.63, 3.8) is 0 Å². The summed E-state index contributed by atoms with van der Waals surface area (Å²) in [6.45, 7) is 4.43. The second kappa shape index (κ2) is 6.00. The first-order valence-corrected chi connectivity index (χ1v) is 8.70. The molecule has 1 aliphatic heterocycles. The number of alkyl halides is 1. The molecule has 1 aromatic rings. The van der Waals surface area contributed by atoms with Crippen LogP contribution in [0.5, 0.6) is 0 Å². The number of piperidine rings is 1. The van der Waals surface area contributed by atoms with Crippen molar-refractivity contribution in [2.24, 2.45) is 5.92 Å². The van der Waals surface area contributed by atoms with Crippen molar-refractivity contribution in [3.8, 4) is 0 Å². The minimum absolute atomic E-state index is 0.101. The molecular weight excluding hydrogens is 301 g/mol. The van der Waals surface area contributed by atoms with Gasteiger partial charge < -0.3 is 0 Å². The van der Waals surface area contributed by atoms with E-state index < -0.39 is 15.8 Å². The van der Waals surface area contributed by atoms with E-state index in [4.69, 9.17) is 11.6 Å². The van der Waals surface area contributed by atoms with Gasteiger partial charge in [0.05, 0.1) is 0 Å². The monoisotopic (exact) mass is 319 g/mol. The Kier molecular flexibility index (Phi) is 4.72. The van der Waals surface area contributed by atoms with Gasteiger partial charge in [0, 0.05) is 18.5 Å². The Labute approximate surface area is 124 Å². The molecule has 0 bridgehead atoms. The Morgan fingerprint density at radius 1 is 1.40 bits per heavy atom. The number of hydrogen-bond donors (Lipinski definition) is 0. The molecule has 1 saturated heterocycles. The van der Waals surface area contributed by atoms with Gasteiger partial charge in [-0.25, -0.2) is 12.8 Å². The van der Waals surface area contributed by atoms with Crippen molar-refractivity contribution in [2.75, 3.05) is 6.54 Å². The van der Waals surface area contributed by atoms with E-state index in [-0.39, 0.29) is 16.8 Å². The Bertz CT molecular complexity index is 591. The van der Waals surface area contributed by atoms with E-state index >= 15 is 0 Å². The summed E-state index contributed by atoms with van der Waals surface area (Å²) in [6.07, 6.45) is 1.62. The predicted octanol–water partition coefficient (Wildman–Crippen LogP) is 3.37. The first-order valence-electron chi connectivity index (χ1n) is 6.72. The van der Waals surface area contributed by atoms with Gasteiger partial charge in [0.15, 0.2) is 0 Å². The number of sulfonamides is 1. The van der Waals surface area contributed by atoms with Crippen LogP contribution in [0.25, 0.3) is 0 Å². The topological polar surface area (TPSA) is 37.4 Å². The second-order valence-electron chi connectivity index (χ2n) is 5.49. The maximum atomic E-state index is 14.0. The molecule has 0 aromatic heterocycles. The highest BCUT2D eigenvalue weighted by atomic mass is 35.5. The summed E-state index contributed by atoms with van der Waals surface area (Å²) >= 11 is 5.63. The molecule has 20 heavy (non-hydrogen) atoms. The van der Waals surface area contributed by atoms with Crippen molar-refractivity contribution in [2.45, 2.75) is 43.5 Å². The molecule has 2 unspecified atom stereocenters. The average Bonchev–Trinajstić information content (AvgIpc) is 2.37. The summed E-state index contributed by atoms with van der Waals surface area (Å²) in [5.74, 6) is -0.0663. The minimum atomic E-state index is -3.78. The van der Waals surface area contributed by atoms with Crippen LogP contribution in [0, 0.1) is 11.7 Å². The lowest BCUT2D eigenvalue weighted by molar-refractivity contribution is 0.219. The number of nitrogens with zero attached hydrogens (tertiary/aromatic N) is 1. The summed E-state index contributed by atoms with van der Waals surface area (Å²) in [6, 6.07) is 3.96. The van der Waals surface area contributed by atoms with Crippen LogP contribution in [0.1, 0.15) is 32.3 Å². The van der Waals surface area contributed by atoms with Crippen LogP contribution in [-0.2, 0) is 15.9 Å². The van der Waals surface area contributed by atoms with Crippen LogP contribution >= 0.6 is 11.6 Å². The fraction of sp³-hybridized carbons (Fsp3) is 0.571. The molecule has 0 radical (unpaired) electrons. The first kappa shape index (κ1) is 15.7. The van der Waals surface area contributed by atoms with Crippen molar-refractivity contribution in [1.29, 1.82) is 0 Å². The maximum Gasteiger partial charge on any atom is 0.246 e. The van der Waals surface area contributed by atoms with E-state index in [0.29, 0.717) is 18.0 Å². The third kappa shape index (κ3) is 3.00. The van der Waals surface area contributed by atoms with E-state index in [1.54, 1.807) is 6.07 Å². The Morgan fingerprint density at radius 2 is 2.10 bits per heavy atom. The average molecular weight is 320 g/mol. The lowest BCUT2D eigenvalue weighted by Crippen LogP contribution is -2.44. The lowest BCUT2D eigenvalue weighted by atomic mass is 9.95. The third-order valence-electron chi connectivity index (χ3n) is 3.81. The zero-order chi connectivity index (χ0) is 14.9. The van der Waals surface area contributed by atoms with E-state index in [1.165, 1.54) is 16.4 Å². The quantitative estimate of drug-likeness (QED) is 0.801. The summed E-state index contributed by atoms with van der Waals surface area (Å²) in [7, 11) is -3.78. The van der Waals surface area contributed by atoms with E-state index in [9.17, 15) is 12.8 Å². The van der Waals surface area contributed by atoms with Gasteiger partial charge in [-0.2, -0.15) is 4.31 Å². The molecule has 2 rings (SSSR count). The van der Waals surface area contributed by atoms with Crippen LogP contribution < -0.4 is 0 Å². The fourth-order valence-corrected chi connectivity index (χ4v) is 4.58. The van der Waals surface area contributed by atoms with Gasteiger partial charge in [-0.05, 0) is 43.4 Å². The zero-order valence-electron chi connectivity index (χ0n) is 11.6. The summed E-state index contributed by atoms with van der Waals surface area (Å²) in [5.41, 5.74) is 0.573. The van der Waals surface area contributed by atoms with Gasteiger partial charge in [-0.15, -0.1) is 11.6 Å². The number of halogens is 2. The highest BCUT2D eigenvalue weighted by molar-refractivity contribution is 7.89. The van der Waals surface area contributed by atoms with Crippen LogP contribution in [-0.4, -0.2) is 25.3 Å². The molecule has 1 aliphatic rings. The number of hydrogen-bond acceptors (Lipinski definition) is 2. The highest BCUT2D eigenvalue weighted by Gasteiger charge is 2.34. The Morgan fingerprint density at radius 3 is 2.65 bits per heavy atom. The van der Waals surface area contributed by atoms with Gasteiger partial charge in [-0.1, -0.05) is 13.0 Å². The highest BCUT2D eigenvalue weighted by Crippen LogP contribution is 2.29. The predicted molar refractivity (Wildman–Crippen MR) is 77.7 cm³/mol. The smallest absolute Gasteiger partial charge is 0.207 e. The van der Waals surface area contributed by atoms with Crippen LogP contribution in [0.15, 0.2) is 23.1 Å². The largest absolute Gasteiger partial charge is 0.246 e. The van der Waals surface area contributed by atoms with E-state index in [2.05, 4.69) is 6.92 Å². The molecule has 0 amide bonds. The number of rotatable bonds is 3. The fourth-order valence-electron chi connectivity index (χ4n) is 2.71. The maximum absolute atomic E-state index is 14.0. The summed E-state index contributed by atoms with van der Waals surface area (Å²) < 4.78 is 40.6. The first-order chi connectivity index (χ1) is 9.36. The third-order valence-corrected chi connectivity index (χ3v) is 6.17. The SMILES string of the molecule is CC1CCN(S(=O)(=O)c2ccc(CCl)cc2F)C(C)C1. The molecule has 0 saturated carbocycles. The molecule has 1 aromatic carbocycles. The van der Waals surface area contributed by atoms with Gasteiger partial charge >= 0.3 is 0 Å². The van der Waals surface area contributed by atoms with Gasteiger partial charge in [0.1, 0.15) is 10.7 Å². The molecule has 0 spiro atoms. The Balaban J connectivity index is 2.35. The molecule has 3 nitrogen and oxygen atoms in total. The molecule has 0 N–H and O–H groups in total. The van der Waals surface area contributed by atoms with Crippen molar-refractivity contribution < 1.29 is 12.8 Å². The second-order valence-corrected chi connectivity index (χ2v) is 7.62. The van der Waals surface area contributed by atoms with Crippen molar-refractivity contribution in [3.05, 3.63) is 29.6 Å². The standard InChI is InChI=1S/C14H19ClFNO2S/c1-10-5-6-17(11(2)7-10)20(18,19)14-4-3-12(9-15)8-13(14)16/h3-4,8,10-11H,5-7,9H2,1-2H3. The summed E-state index contributed by atoms with van der Waals surface area (Å²) in [4.78, 5) is -0.257. The molecule has 1 fully saturated rings. The van der Waals surface area contributed by atoms with E-state index in [1.807, 2.05) is 6.92 Å². The van der Waals surface area contributed by atoms with Gasteiger partial charge in [-0.3, -0.25) is 0 Å². The summed E-state index contributed by atoms with van der Waals surface area (Å²) in [5, 5.41) is 0. The number of benzene rings is 1. The van der Waals surface area contributed by atoms with Crippen molar-refractivity contribution in [1.82, 2.24) is 4.31 Å². The lowest BCUT2D eigenvalue weighted by Gasteiger charge is -2.35. The molecule has 112 valence electrons. The normalized spacial score (nSPS) is 24.8. The molecule has 1 heterocycles. The van der Waals surface area contributed by atoms with Crippen LogP contribution in [0.2, 0.25) is 0 Å². The molecule has 0 aliphatic carbocycles. The molecular formula is C14H19ClFNO2S.